The molecule has 5 heteroatoms. The second-order valence-corrected chi connectivity index (χ2v) is 6.38. The standard InChI is InChI=1S/C20H19ClO4/c1-22-16-9-7-14(8-10-16)13-23-19-17(15-5-3-2-4-6-15)18(21)20(19)24-11-12-25-20/h2-10,19H,11-13H2,1H3. The first-order valence-electron chi connectivity index (χ1n) is 8.22. The summed E-state index contributed by atoms with van der Waals surface area (Å²) in [6.07, 6.45) is -0.355. The van der Waals surface area contributed by atoms with E-state index in [0.29, 0.717) is 24.9 Å². The maximum Gasteiger partial charge on any atom is 0.237 e. The molecule has 0 N–H and O–H groups in total. The van der Waals surface area contributed by atoms with Gasteiger partial charge in [-0.15, -0.1) is 0 Å². The molecular formula is C20H19ClO4. The van der Waals surface area contributed by atoms with Crippen molar-refractivity contribution in [1.29, 1.82) is 0 Å². The number of benzene rings is 2. The van der Waals surface area contributed by atoms with Crippen LogP contribution in [0.25, 0.3) is 5.57 Å². The lowest BCUT2D eigenvalue weighted by molar-refractivity contribution is -0.203. The summed E-state index contributed by atoms with van der Waals surface area (Å²) >= 11 is 6.56. The third-order valence-corrected chi connectivity index (χ3v) is 4.99. The summed E-state index contributed by atoms with van der Waals surface area (Å²) in [6.45, 7) is 1.46. The molecular weight excluding hydrogens is 340 g/mol. The summed E-state index contributed by atoms with van der Waals surface area (Å²) in [6, 6.07) is 17.8. The molecule has 1 saturated heterocycles. The fraction of sp³-hybridized carbons (Fsp3) is 0.300. The molecule has 0 bridgehead atoms. The van der Waals surface area contributed by atoms with Gasteiger partial charge < -0.3 is 18.9 Å². The molecule has 2 aromatic rings. The lowest BCUT2D eigenvalue weighted by Gasteiger charge is -2.45. The van der Waals surface area contributed by atoms with E-state index >= 15 is 0 Å². The van der Waals surface area contributed by atoms with Crippen LogP contribution in [0, 0.1) is 0 Å². The zero-order chi connectivity index (χ0) is 17.3. The molecule has 1 atom stereocenters. The molecule has 1 heterocycles. The number of rotatable bonds is 5. The van der Waals surface area contributed by atoms with Crippen molar-refractivity contribution in [3.63, 3.8) is 0 Å². The Morgan fingerprint density at radius 3 is 2.36 bits per heavy atom. The van der Waals surface area contributed by atoms with E-state index in [1.54, 1.807) is 7.11 Å². The maximum atomic E-state index is 6.56. The predicted octanol–water partition coefficient (Wildman–Crippen LogP) is 3.99. The van der Waals surface area contributed by atoms with Crippen LogP contribution in [0.1, 0.15) is 11.1 Å². The smallest absolute Gasteiger partial charge is 0.237 e. The molecule has 2 aromatic carbocycles. The summed E-state index contributed by atoms with van der Waals surface area (Å²) in [4.78, 5) is 0. The fourth-order valence-electron chi connectivity index (χ4n) is 3.23. The molecule has 25 heavy (non-hydrogen) atoms. The minimum absolute atomic E-state index is 0.355. The van der Waals surface area contributed by atoms with Crippen LogP contribution in [-0.2, 0) is 20.8 Å². The molecule has 1 aliphatic heterocycles. The molecule has 1 fully saturated rings. The van der Waals surface area contributed by atoms with Gasteiger partial charge in [-0.2, -0.15) is 0 Å². The van der Waals surface area contributed by atoms with E-state index in [0.717, 1.165) is 22.4 Å². The number of hydrogen-bond acceptors (Lipinski definition) is 4. The van der Waals surface area contributed by atoms with Gasteiger partial charge in [-0.05, 0) is 23.3 Å². The van der Waals surface area contributed by atoms with Gasteiger partial charge in [0.15, 0.2) is 0 Å². The van der Waals surface area contributed by atoms with Crippen molar-refractivity contribution in [1.82, 2.24) is 0 Å². The van der Waals surface area contributed by atoms with Gasteiger partial charge in [0, 0.05) is 5.57 Å². The summed E-state index contributed by atoms with van der Waals surface area (Å²) in [7, 11) is 1.65. The Hall–Kier alpha value is -1.85. The Morgan fingerprint density at radius 2 is 1.72 bits per heavy atom. The van der Waals surface area contributed by atoms with Crippen molar-refractivity contribution in [2.45, 2.75) is 18.5 Å². The van der Waals surface area contributed by atoms with Crippen molar-refractivity contribution < 1.29 is 18.9 Å². The highest BCUT2D eigenvalue weighted by molar-refractivity contribution is 6.36. The van der Waals surface area contributed by atoms with Crippen LogP contribution in [-0.4, -0.2) is 32.2 Å². The first-order valence-corrected chi connectivity index (χ1v) is 8.60. The Kier molecular flexibility index (Phi) is 4.52. The summed E-state index contributed by atoms with van der Waals surface area (Å²) in [5, 5.41) is 0.580. The van der Waals surface area contributed by atoms with Crippen molar-refractivity contribution in [3.8, 4) is 5.75 Å². The molecule has 1 aliphatic carbocycles. The van der Waals surface area contributed by atoms with Crippen LogP contribution in [0.3, 0.4) is 0 Å². The average molecular weight is 359 g/mol. The van der Waals surface area contributed by atoms with Crippen molar-refractivity contribution in [2.75, 3.05) is 20.3 Å². The Balaban J connectivity index is 1.57. The third-order valence-electron chi connectivity index (χ3n) is 4.53. The van der Waals surface area contributed by atoms with Crippen molar-refractivity contribution in [2.24, 2.45) is 0 Å². The van der Waals surface area contributed by atoms with Crippen LogP contribution in [0.15, 0.2) is 59.6 Å². The van der Waals surface area contributed by atoms with E-state index < -0.39 is 5.79 Å². The highest BCUT2D eigenvalue weighted by Crippen LogP contribution is 2.53. The third kappa shape index (κ3) is 2.85. The molecule has 0 amide bonds. The largest absolute Gasteiger partial charge is 0.497 e. The zero-order valence-electron chi connectivity index (χ0n) is 13.9. The second kappa shape index (κ2) is 6.81. The molecule has 4 nitrogen and oxygen atoms in total. The van der Waals surface area contributed by atoms with Crippen molar-refractivity contribution in [3.05, 3.63) is 70.8 Å². The van der Waals surface area contributed by atoms with E-state index in [9.17, 15) is 0 Å². The van der Waals surface area contributed by atoms with E-state index in [1.807, 2.05) is 54.6 Å². The van der Waals surface area contributed by atoms with Crippen LogP contribution in [0.2, 0.25) is 0 Å². The first-order chi connectivity index (χ1) is 12.2. The topological polar surface area (TPSA) is 36.9 Å². The van der Waals surface area contributed by atoms with E-state index in [2.05, 4.69) is 0 Å². The number of hydrogen-bond donors (Lipinski definition) is 0. The molecule has 1 unspecified atom stereocenters. The fourth-order valence-corrected chi connectivity index (χ4v) is 3.64. The van der Waals surface area contributed by atoms with Gasteiger partial charge >= 0.3 is 0 Å². The predicted molar refractivity (Wildman–Crippen MR) is 95.4 cm³/mol. The SMILES string of the molecule is COc1ccc(COC2C(c3ccccc3)=C(Cl)C23OCCO3)cc1. The molecule has 0 saturated carbocycles. The average Bonchev–Trinajstić information content (AvgIpc) is 3.18. The van der Waals surface area contributed by atoms with Gasteiger partial charge in [0.05, 0.1) is 32.0 Å². The Bertz CT molecular complexity index is 764. The van der Waals surface area contributed by atoms with E-state index in [4.69, 9.17) is 30.5 Å². The van der Waals surface area contributed by atoms with Crippen LogP contribution < -0.4 is 4.74 Å². The molecule has 0 aromatic heterocycles. The van der Waals surface area contributed by atoms with Crippen LogP contribution in [0.4, 0.5) is 0 Å². The number of ether oxygens (including phenoxy) is 4. The van der Waals surface area contributed by atoms with Gasteiger partial charge in [-0.3, -0.25) is 0 Å². The monoisotopic (exact) mass is 358 g/mol. The number of halogens is 1. The highest BCUT2D eigenvalue weighted by atomic mass is 35.5. The summed E-state index contributed by atoms with van der Waals surface area (Å²) < 4.78 is 23.0. The number of methoxy groups -OCH3 is 1. The molecule has 4 rings (SSSR count). The van der Waals surface area contributed by atoms with Gasteiger partial charge in [0.2, 0.25) is 5.79 Å². The van der Waals surface area contributed by atoms with Gasteiger partial charge in [-0.1, -0.05) is 54.1 Å². The highest BCUT2D eigenvalue weighted by Gasteiger charge is 2.59. The van der Waals surface area contributed by atoms with Gasteiger partial charge in [0.25, 0.3) is 0 Å². The minimum atomic E-state index is -0.959. The summed E-state index contributed by atoms with van der Waals surface area (Å²) in [5.41, 5.74) is 3.00. The van der Waals surface area contributed by atoms with E-state index in [1.165, 1.54) is 0 Å². The lowest BCUT2D eigenvalue weighted by Crippen LogP contribution is -2.54. The quantitative estimate of drug-likeness (QED) is 0.810. The molecule has 0 radical (unpaired) electrons. The molecule has 1 spiro atoms. The molecule has 2 aliphatic rings. The minimum Gasteiger partial charge on any atom is -0.497 e. The van der Waals surface area contributed by atoms with Crippen molar-refractivity contribution >= 4 is 17.2 Å². The van der Waals surface area contributed by atoms with Gasteiger partial charge in [0.1, 0.15) is 11.9 Å². The maximum absolute atomic E-state index is 6.56. The normalized spacial score (nSPS) is 21.4. The zero-order valence-corrected chi connectivity index (χ0v) is 14.7. The Morgan fingerprint density at radius 1 is 1.04 bits per heavy atom. The van der Waals surface area contributed by atoms with E-state index in [-0.39, 0.29) is 6.10 Å². The lowest BCUT2D eigenvalue weighted by atomic mass is 9.82. The summed E-state index contributed by atoms with van der Waals surface area (Å²) in [5.74, 6) is -0.140. The second-order valence-electron chi connectivity index (χ2n) is 6.00. The molecule has 130 valence electrons. The van der Waals surface area contributed by atoms with Gasteiger partial charge in [-0.25, -0.2) is 0 Å². The Labute approximate surface area is 151 Å². The van der Waals surface area contributed by atoms with Crippen LogP contribution >= 0.6 is 11.6 Å². The first kappa shape index (κ1) is 16.6. The van der Waals surface area contributed by atoms with Crippen LogP contribution in [0.5, 0.6) is 5.75 Å².